The number of H-pyrrole nitrogens is 1. The van der Waals surface area contributed by atoms with Crippen LogP contribution in [-0.2, 0) is 6.42 Å². The monoisotopic (exact) mass is 248 g/mol. The third-order valence-corrected chi connectivity index (χ3v) is 4.48. The highest BCUT2D eigenvalue weighted by Gasteiger charge is 2.39. The van der Waals surface area contributed by atoms with Crippen LogP contribution >= 0.6 is 0 Å². The van der Waals surface area contributed by atoms with E-state index in [9.17, 15) is 4.79 Å². The van der Waals surface area contributed by atoms with Crippen LogP contribution < -0.4 is 5.32 Å². The predicted octanol–water partition coefficient (Wildman–Crippen LogP) is 1.53. The molecule has 5 heteroatoms. The fourth-order valence-corrected chi connectivity index (χ4v) is 3.48. The number of fused-ring (bicyclic) bond motifs is 2. The molecule has 5 nitrogen and oxygen atoms in total. The van der Waals surface area contributed by atoms with Crippen molar-refractivity contribution in [2.24, 2.45) is 17.8 Å². The van der Waals surface area contributed by atoms with Crippen molar-refractivity contribution in [1.29, 1.82) is 0 Å². The summed E-state index contributed by atoms with van der Waals surface area (Å²) >= 11 is 0. The van der Waals surface area contributed by atoms with Crippen molar-refractivity contribution < 1.29 is 4.79 Å². The van der Waals surface area contributed by atoms with Gasteiger partial charge in [0.05, 0.1) is 0 Å². The molecular formula is C13H20N4O. The Morgan fingerprint density at radius 1 is 1.44 bits per heavy atom. The van der Waals surface area contributed by atoms with Crippen LogP contribution in [0.25, 0.3) is 0 Å². The van der Waals surface area contributed by atoms with E-state index >= 15 is 0 Å². The normalized spacial score (nSPS) is 29.7. The molecule has 2 N–H and O–H groups in total. The maximum absolute atomic E-state index is 11.9. The zero-order chi connectivity index (χ0) is 12.5. The third-order valence-electron chi connectivity index (χ3n) is 4.48. The third kappa shape index (κ3) is 2.13. The van der Waals surface area contributed by atoms with Crippen LogP contribution in [-0.4, -0.2) is 27.6 Å². The van der Waals surface area contributed by atoms with Gasteiger partial charge < -0.3 is 5.32 Å². The standard InChI is InChI=1S/C13H20N4O/c1-2-11-15-12(17-16-11)13(18)14-7-10-6-8-3-4-9(10)5-8/h8-10H,2-7H2,1H3,(H,14,18)(H,15,16,17). The number of hydrogen-bond donors (Lipinski definition) is 2. The van der Waals surface area contributed by atoms with Gasteiger partial charge in [-0.2, -0.15) is 0 Å². The molecule has 2 fully saturated rings. The highest BCUT2D eigenvalue weighted by molar-refractivity contribution is 5.90. The summed E-state index contributed by atoms with van der Waals surface area (Å²) in [5.41, 5.74) is 0. The SMILES string of the molecule is CCc1nc(C(=O)NCC2CC3CCC2C3)n[nH]1. The summed E-state index contributed by atoms with van der Waals surface area (Å²) in [6, 6.07) is 0. The fraction of sp³-hybridized carbons (Fsp3) is 0.769. The van der Waals surface area contributed by atoms with Gasteiger partial charge >= 0.3 is 0 Å². The van der Waals surface area contributed by atoms with Crippen LogP contribution in [0, 0.1) is 17.8 Å². The zero-order valence-corrected chi connectivity index (χ0v) is 10.8. The number of amides is 1. The van der Waals surface area contributed by atoms with Gasteiger partial charge in [-0.15, -0.1) is 5.10 Å². The molecule has 0 aliphatic heterocycles. The van der Waals surface area contributed by atoms with Crippen molar-refractivity contribution in [2.75, 3.05) is 6.54 Å². The first-order valence-electron chi connectivity index (χ1n) is 6.95. The Morgan fingerprint density at radius 2 is 2.33 bits per heavy atom. The quantitative estimate of drug-likeness (QED) is 0.849. The van der Waals surface area contributed by atoms with Gasteiger partial charge in [-0.3, -0.25) is 9.89 Å². The Balaban J connectivity index is 1.52. The number of hydrogen-bond acceptors (Lipinski definition) is 3. The molecule has 2 bridgehead atoms. The van der Waals surface area contributed by atoms with Gasteiger partial charge in [0, 0.05) is 13.0 Å². The van der Waals surface area contributed by atoms with E-state index in [0.717, 1.165) is 30.6 Å². The maximum Gasteiger partial charge on any atom is 0.290 e. The minimum atomic E-state index is -0.145. The molecule has 1 aromatic heterocycles. The summed E-state index contributed by atoms with van der Waals surface area (Å²) in [6.45, 7) is 2.77. The molecule has 0 radical (unpaired) electrons. The van der Waals surface area contributed by atoms with Crippen molar-refractivity contribution in [2.45, 2.75) is 39.0 Å². The van der Waals surface area contributed by atoms with E-state index in [2.05, 4.69) is 20.5 Å². The van der Waals surface area contributed by atoms with Crippen LogP contribution in [0.15, 0.2) is 0 Å². The Labute approximate surface area is 107 Å². The lowest BCUT2D eigenvalue weighted by molar-refractivity contribution is 0.0931. The molecule has 1 amide bonds. The molecular weight excluding hydrogens is 228 g/mol. The molecule has 3 rings (SSSR count). The van der Waals surface area contributed by atoms with Crippen molar-refractivity contribution >= 4 is 5.91 Å². The Bertz CT molecular complexity index is 442. The minimum Gasteiger partial charge on any atom is -0.349 e. The second-order valence-corrected chi connectivity index (χ2v) is 5.60. The van der Waals surface area contributed by atoms with E-state index in [1.807, 2.05) is 6.92 Å². The highest BCUT2D eigenvalue weighted by Crippen LogP contribution is 2.47. The van der Waals surface area contributed by atoms with Crippen molar-refractivity contribution in [3.8, 4) is 0 Å². The number of aromatic amines is 1. The van der Waals surface area contributed by atoms with Crippen molar-refractivity contribution in [1.82, 2.24) is 20.5 Å². The van der Waals surface area contributed by atoms with Gasteiger partial charge in [-0.25, -0.2) is 4.98 Å². The van der Waals surface area contributed by atoms with E-state index < -0.39 is 0 Å². The summed E-state index contributed by atoms with van der Waals surface area (Å²) in [7, 11) is 0. The zero-order valence-electron chi connectivity index (χ0n) is 10.8. The summed E-state index contributed by atoms with van der Waals surface area (Å²) < 4.78 is 0. The van der Waals surface area contributed by atoms with Gasteiger partial charge in [0.25, 0.3) is 5.91 Å². The van der Waals surface area contributed by atoms with Crippen LogP contribution in [0.3, 0.4) is 0 Å². The largest absolute Gasteiger partial charge is 0.349 e. The van der Waals surface area contributed by atoms with E-state index in [4.69, 9.17) is 0 Å². The number of rotatable bonds is 4. The van der Waals surface area contributed by atoms with Crippen LogP contribution in [0.1, 0.15) is 49.1 Å². The van der Waals surface area contributed by atoms with Crippen LogP contribution in [0.4, 0.5) is 0 Å². The Morgan fingerprint density at radius 3 is 2.94 bits per heavy atom. The molecule has 0 saturated heterocycles. The number of aromatic nitrogens is 3. The van der Waals surface area contributed by atoms with Crippen molar-refractivity contribution in [3.63, 3.8) is 0 Å². The van der Waals surface area contributed by atoms with Gasteiger partial charge in [-0.05, 0) is 37.0 Å². The lowest BCUT2D eigenvalue weighted by Gasteiger charge is -2.21. The van der Waals surface area contributed by atoms with E-state index in [1.54, 1.807) is 0 Å². The van der Waals surface area contributed by atoms with Crippen molar-refractivity contribution in [3.05, 3.63) is 11.6 Å². The van der Waals surface area contributed by atoms with Gasteiger partial charge in [0.2, 0.25) is 5.82 Å². The molecule has 1 heterocycles. The second-order valence-electron chi connectivity index (χ2n) is 5.60. The molecule has 18 heavy (non-hydrogen) atoms. The number of aryl methyl sites for hydroxylation is 1. The van der Waals surface area contributed by atoms with Gasteiger partial charge in [-0.1, -0.05) is 13.3 Å². The number of carbonyl (C=O) groups is 1. The number of nitrogens with one attached hydrogen (secondary N) is 2. The van der Waals surface area contributed by atoms with E-state index in [1.165, 1.54) is 25.7 Å². The predicted molar refractivity (Wildman–Crippen MR) is 67.0 cm³/mol. The molecule has 2 aliphatic rings. The Hall–Kier alpha value is -1.39. The van der Waals surface area contributed by atoms with E-state index in [0.29, 0.717) is 5.92 Å². The molecule has 3 atom stereocenters. The van der Waals surface area contributed by atoms with Crippen LogP contribution in [0.2, 0.25) is 0 Å². The summed E-state index contributed by atoms with van der Waals surface area (Å²) in [5.74, 6) is 3.34. The smallest absolute Gasteiger partial charge is 0.290 e. The summed E-state index contributed by atoms with van der Waals surface area (Å²) in [5, 5.41) is 9.68. The lowest BCUT2D eigenvalue weighted by atomic mass is 9.89. The minimum absolute atomic E-state index is 0.145. The first-order valence-corrected chi connectivity index (χ1v) is 6.95. The second kappa shape index (κ2) is 4.71. The highest BCUT2D eigenvalue weighted by atomic mass is 16.2. The molecule has 0 spiro atoms. The first-order chi connectivity index (χ1) is 8.76. The van der Waals surface area contributed by atoms with Gasteiger partial charge in [0.1, 0.15) is 5.82 Å². The maximum atomic E-state index is 11.9. The molecule has 3 unspecified atom stereocenters. The summed E-state index contributed by atoms with van der Waals surface area (Å²) in [4.78, 5) is 16.0. The molecule has 2 saturated carbocycles. The van der Waals surface area contributed by atoms with Crippen LogP contribution in [0.5, 0.6) is 0 Å². The Kier molecular flexibility index (Phi) is 3.06. The van der Waals surface area contributed by atoms with E-state index in [-0.39, 0.29) is 11.7 Å². The molecule has 0 aromatic carbocycles. The summed E-state index contributed by atoms with van der Waals surface area (Å²) in [6.07, 6.45) is 6.19. The number of carbonyl (C=O) groups excluding carboxylic acids is 1. The topological polar surface area (TPSA) is 70.7 Å². The molecule has 2 aliphatic carbocycles. The van der Waals surface area contributed by atoms with Gasteiger partial charge in [0.15, 0.2) is 0 Å². The average molecular weight is 248 g/mol. The fourth-order valence-electron chi connectivity index (χ4n) is 3.48. The molecule has 98 valence electrons. The first kappa shape index (κ1) is 11.7. The number of nitrogens with zero attached hydrogens (tertiary/aromatic N) is 2. The average Bonchev–Trinajstić information content (AvgIpc) is 3.10. The lowest BCUT2D eigenvalue weighted by Crippen LogP contribution is -2.32. The molecule has 1 aromatic rings.